The largest absolute Gasteiger partial charge is 0.375 e. The standard InChI is InChI=1S/C9H18N2O/c1-5-11(6-2)8(4)7(3)9(10)12/h5-6H2,1-4H3,(H2,10,12)/b8-7-. The predicted octanol–water partition coefficient (Wildman–Crippen LogP) is 1.11. The van der Waals surface area contributed by atoms with Crippen molar-refractivity contribution in [3.63, 3.8) is 0 Å². The summed E-state index contributed by atoms with van der Waals surface area (Å²) in [5.74, 6) is -0.334. The van der Waals surface area contributed by atoms with Crippen LogP contribution in [0.4, 0.5) is 0 Å². The van der Waals surface area contributed by atoms with E-state index < -0.39 is 0 Å². The van der Waals surface area contributed by atoms with E-state index in [9.17, 15) is 4.79 Å². The average Bonchev–Trinajstić information content (AvgIpc) is 2.05. The van der Waals surface area contributed by atoms with Crippen LogP contribution in [0.5, 0.6) is 0 Å². The van der Waals surface area contributed by atoms with Crippen molar-refractivity contribution < 1.29 is 4.79 Å². The van der Waals surface area contributed by atoms with Gasteiger partial charge in [0.1, 0.15) is 0 Å². The van der Waals surface area contributed by atoms with E-state index in [0.29, 0.717) is 5.57 Å². The monoisotopic (exact) mass is 170 g/mol. The van der Waals surface area contributed by atoms with Gasteiger partial charge in [0, 0.05) is 24.4 Å². The lowest BCUT2D eigenvalue weighted by atomic mass is 10.2. The molecular weight excluding hydrogens is 152 g/mol. The first kappa shape index (κ1) is 11.0. The molecule has 0 aromatic carbocycles. The molecule has 0 saturated carbocycles. The van der Waals surface area contributed by atoms with Gasteiger partial charge in [0.15, 0.2) is 0 Å². The number of amides is 1. The van der Waals surface area contributed by atoms with Gasteiger partial charge in [-0.05, 0) is 27.7 Å². The smallest absolute Gasteiger partial charge is 0.246 e. The summed E-state index contributed by atoms with van der Waals surface area (Å²) in [5, 5.41) is 0. The van der Waals surface area contributed by atoms with Crippen LogP contribution in [-0.2, 0) is 4.79 Å². The molecule has 0 rings (SSSR count). The Hall–Kier alpha value is -0.990. The van der Waals surface area contributed by atoms with Crippen molar-refractivity contribution in [2.24, 2.45) is 5.73 Å². The number of primary amides is 1. The van der Waals surface area contributed by atoms with Gasteiger partial charge in [-0.2, -0.15) is 0 Å². The van der Waals surface area contributed by atoms with E-state index in [1.54, 1.807) is 6.92 Å². The van der Waals surface area contributed by atoms with Crippen LogP contribution in [0.15, 0.2) is 11.3 Å². The van der Waals surface area contributed by atoms with Crippen LogP contribution in [0.1, 0.15) is 27.7 Å². The Morgan fingerprint density at radius 3 is 1.92 bits per heavy atom. The number of hydrogen-bond acceptors (Lipinski definition) is 2. The average molecular weight is 170 g/mol. The summed E-state index contributed by atoms with van der Waals surface area (Å²) in [6.45, 7) is 9.62. The van der Waals surface area contributed by atoms with Crippen molar-refractivity contribution in [1.82, 2.24) is 4.90 Å². The fourth-order valence-electron chi connectivity index (χ4n) is 1.11. The molecule has 3 heteroatoms. The molecule has 0 aromatic heterocycles. The Morgan fingerprint density at radius 2 is 1.67 bits per heavy atom. The van der Waals surface area contributed by atoms with E-state index in [-0.39, 0.29) is 5.91 Å². The summed E-state index contributed by atoms with van der Waals surface area (Å²) in [6, 6.07) is 0. The van der Waals surface area contributed by atoms with Gasteiger partial charge in [0.05, 0.1) is 0 Å². The number of nitrogens with two attached hydrogens (primary N) is 1. The first-order valence-corrected chi connectivity index (χ1v) is 4.26. The van der Waals surface area contributed by atoms with Gasteiger partial charge < -0.3 is 10.6 Å². The van der Waals surface area contributed by atoms with Gasteiger partial charge in [-0.3, -0.25) is 4.79 Å². The van der Waals surface area contributed by atoms with Gasteiger partial charge in [0.25, 0.3) is 0 Å². The summed E-state index contributed by atoms with van der Waals surface area (Å²) >= 11 is 0. The Kier molecular flexibility index (Phi) is 4.40. The van der Waals surface area contributed by atoms with Crippen LogP contribution in [0.2, 0.25) is 0 Å². The second kappa shape index (κ2) is 4.80. The molecule has 12 heavy (non-hydrogen) atoms. The highest BCUT2D eigenvalue weighted by Crippen LogP contribution is 2.08. The fraction of sp³-hybridized carbons (Fsp3) is 0.667. The van der Waals surface area contributed by atoms with Crippen LogP contribution in [-0.4, -0.2) is 23.9 Å². The lowest BCUT2D eigenvalue weighted by molar-refractivity contribution is -0.114. The highest BCUT2D eigenvalue weighted by atomic mass is 16.1. The molecule has 0 aliphatic heterocycles. The predicted molar refractivity (Wildman–Crippen MR) is 50.5 cm³/mol. The Balaban J connectivity index is 4.62. The van der Waals surface area contributed by atoms with Crippen molar-refractivity contribution in [2.75, 3.05) is 13.1 Å². The Labute approximate surface area is 74.2 Å². The summed E-state index contributed by atoms with van der Waals surface area (Å²) in [4.78, 5) is 12.9. The van der Waals surface area contributed by atoms with Crippen molar-refractivity contribution in [3.8, 4) is 0 Å². The van der Waals surface area contributed by atoms with E-state index in [4.69, 9.17) is 5.73 Å². The molecule has 0 unspecified atom stereocenters. The van der Waals surface area contributed by atoms with E-state index in [1.165, 1.54) is 0 Å². The number of carbonyl (C=O) groups is 1. The highest BCUT2D eigenvalue weighted by molar-refractivity contribution is 5.91. The second-order valence-electron chi connectivity index (χ2n) is 2.75. The van der Waals surface area contributed by atoms with Crippen molar-refractivity contribution >= 4 is 5.91 Å². The number of allylic oxidation sites excluding steroid dienone is 1. The topological polar surface area (TPSA) is 46.3 Å². The van der Waals surface area contributed by atoms with E-state index >= 15 is 0 Å². The molecule has 2 N–H and O–H groups in total. The molecule has 0 spiro atoms. The van der Waals surface area contributed by atoms with Gasteiger partial charge in [-0.15, -0.1) is 0 Å². The molecular formula is C9H18N2O. The number of hydrogen-bond donors (Lipinski definition) is 1. The molecule has 0 atom stereocenters. The number of nitrogens with zero attached hydrogens (tertiary/aromatic N) is 1. The molecule has 0 aliphatic rings. The minimum atomic E-state index is -0.334. The molecule has 0 aromatic rings. The summed E-state index contributed by atoms with van der Waals surface area (Å²) in [5.41, 5.74) is 6.79. The highest BCUT2D eigenvalue weighted by Gasteiger charge is 2.07. The fourth-order valence-corrected chi connectivity index (χ4v) is 1.11. The maximum Gasteiger partial charge on any atom is 0.246 e. The zero-order valence-electron chi connectivity index (χ0n) is 8.35. The molecule has 0 saturated heterocycles. The van der Waals surface area contributed by atoms with Crippen LogP contribution in [0.25, 0.3) is 0 Å². The third kappa shape index (κ3) is 2.57. The molecule has 0 bridgehead atoms. The van der Waals surface area contributed by atoms with E-state index in [2.05, 4.69) is 18.7 Å². The zero-order chi connectivity index (χ0) is 9.72. The van der Waals surface area contributed by atoms with Gasteiger partial charge >= 0.3 is 0 Å². The first-order valence-electron chi connectivity index (χ1n) is 4.26. The van der Waals surface area contributed by atoms with Crippen LogP contribution in [0, 0.1) is 0 Å². The zero-order valence-corrected chi connectivity index (χ0v) is 8.35. The third-order valence-corrected chi connectivity index (χ3v) is 2.15. The van der Waals surface area contributed by atoms with Gasteiger partial charge in [-0.1, -0.05) is 0 Å². The molecule has 0 heterocycles. The minimum absolute atomic E-state index is 0.334. The van der Waals surface area contributed by atoms with Crippen molar-refractivity contribution in [2.45, 2.75) is 27.7 Å². The normalized spacial score (nSPS) is 12.3. The number of carbonyl (C=O) groups excluding carboxylic acids is 1. The van der Waals surface area contributed by atoms with Crippen molar-refractivity contribution in [1.29, 1.82) is 0 Å². The Bertz CT molecular complexity index is 193. The lowest BCUT2D eigenvalue weighted by Gasteiger charge is -2.22. The second-order valence-corrected chi connectivity index (χ2v) is 2.75. The van der Waals surface area contributed by atoms with Crippen LogP contribution >= 0.6 is 0 Å². The van der Waals surface area contributed by atoms with Crippen LogP contribution in [0.3, 0.4) is 0 Å². The van der Waals surface area contributed by atoms with Crippen LogP contribution < -0.4 is 5.73 Å². The third-order valence-electron chi connectivity index (χ3n) is 2.15. The first-order chi connectivity index (χ1) is 5.54. The summed E-state index contributed by atoms with van der Waals surface area (Å²) in [7, 11) is 0. The molecule has 0 radical (unpaired) electrons. The minimum Gasteiger partial charge on any atom is -0.375 e. The quantitative estimate of drug-likeness (QED) is 0.642. The van der Waals surface area contributed by atoms with Gasteiger partial charge in [0.2, 0.25) is 5.91 Å². The Morgan fingerprint density at radius 1 is 1.25 bits per heavy atom. The summed E-state index contributed by atoms with van der Waals surface area (Å²) < 4.78 is 0. The van der Waals surface area contributed by atoms with E-state index in [0.717, 1.165) is 18.8 Å². The molecule has 70 valence electrons. The molecule has 0 aliphatic carbocycles. The number of rotatable bonds is 4. The maximum absolute atomic E-state index is 10.8. The van der Waals surface area contributed by atoms with Crippen molar-refractivity contribution in [3.05, 3.63) is 11.3 Å². The molecule has 1 amide bonds. The molecule has 3 nitrogen and oxygen atoms in total. The molecule has 0 fully saturated rings. The summed E-state index contributed by atoms with van der Waals surface area (Å²) in [6.07, 6.45) is 0. The maximum atomic E-state index is 10.8. The van der Waals surface area contributed by atoms with E-state index in [1.807, 2.05) is 6.92 Å². The van der Waals surface area contributed by atoms with Gasteiger partial charge in [-0.25, -0.2) is 0 Å². The lowest BCUT2D eigenvalue weighted by Crippen LogP contribution is -2.25. The SMILES string of the molecule is CCN(CC)/C(C)=C(/C)C(N)=O.